The van der Waals surface area contributed by atoms with Gasteiger partial charge in [-0.25, -0.2) is 8.42 Å². The van der Waals surface area contributed by atoms with E-state index in [-0.39, 0.29) is 16.8 Å². The number of hydrogen-bond acceptors (Lipinski definition) is 4. The first-order chi connectivity index (χ1) is 14.4. The van der Waals surface area contributed by atoms with E-state index in [1.165, 1.54) is 43.2 Å². The maximum absolute atomic E-state index is 12.6. The van der Waals surface area contributed by atoms with Gasteiger partial charge >= 0.3 is 0 Å². The van der Waals surface area contributed by atoms with Crippen LogP contribution in [0.2, 0.25) is 0 Å². The van der Waals surface area contributed by atoms with Gasteiger partial charge in [0.05, 0.1) is 17.5 Å². The van der Waals surface area contributed by atoms with Gasteiger partial charge in [-0.1, -0.05) is 49.6 Å². The number of sulfone groups is 1. The summed E-state index contributed by atoms with van der Waals surface area (Å²) in [5.74, 6) is 1.15. The van der Waals surface area contributed by atoms with Crippen LogP contribution in [0.15, 0.2) is 59.5 Å². The first-order valence-electron chi connectivity index (χ1n) is 10.7. The zero-order chi connectivity index (χ0) is 21.4. The summed E-state index contributed by atoms with van der Waals surface area (Å²) in [6.07, 6.45) is 8.25. The average molecular weight is 430 g/mol. The van der Waals surface area contributed by atoms with Crippen LogP contribution < -0.4 is 10.1 Å². The second kappa shape index (κ2) is 10.6. The van der Waals surface area contributed by atoms with Gasteiger partial charge in [-0.3, -0.25) is 4.79 Å². The smallest absolute Gasteiger partial charge is 0.220 e. The molecule has 3 rings (SSSR count). The van der Waals surface area contributed by atoms with E-state index in [0.717, 1.165) is 12.8 Å². The molecule has 5 nitrogen and oxygen atoms in total. The minimum absolute atomic E-state index is 0.0467. The Hall–Kier alpha value is -2.34. The summed E-state index contributed by atoms with van der Waals surface area (Å²) in [6, 6.07) is 16.7. The lowest BCUT2D eigenvalue weighted by molar-refractivity contribution is -0.122. The highest BCUT2D eigenvalue weighted by Crippen LogP contribution is 2.34. The lowest BCUT2D eigenvalue weighted by atomic mass is 9.81. The largest absolute Gasteiger partial charge is 0.494 e. The number of amides is 1. The van der Waals surface area contributed by atoms with Crippen LogP contribution in [0.25, 0.3) is 0 Å². The number of rotatable bonds is 9. The van der Waals surface area contributed by atoms with Gasteiger partial charge in [0.1, 0.15) is 5.75 Å². The maximum Gasteiger partial charge on any atom is 0.220 e. The second-order valence-corrected chi connectivity index (χ2v) is 10.1. The summed E-state index contributed by atoms with van der Waals surface area (Å²) in [5.41, 5.74) is 1.18. The third-order valence-corrected chi connectivity index (χ3v) is 6.79. The molecular formula is C24H31NO4S. The highest BCUT2D eigenvalue weighted by Gasteiger charge is 2.26. The number of hydrogen-bond donors (Lipinski definition) is 1. The zero-order valence-corrected chi connectivity index (χ0v) is 18.4. The molecule has 1 amide bonds. The highest BCUT2D eigenvalue weighted by molar-refractivity contribution is 7.90. The van der Waals surface area contributed by atoms with E-state index in [0.29, 0.717) is 31.1 Å². The minimum Gasteiger partial charge on any atom is -0.494 e. The molecule has 0 bridgehead atoms. The molecule has 6 heteroatoms. The quantitative estimate of drug-likeness (QED) is 0.587. The predicted octanol–water partition coefficient (Wildman–Crippen LogP) is 4.69. The van der Waals surface area contributed by atoms with Crippen LogP contribution in [-0.4, -0.2) is 27.2 Å². The number of carbonyl (C=O) groups is 1. The lowest BCUT2D eigenvalue weighted by Gasteiger charge is -2.31. The fourth-order valence-corrected chi connectivity index (χ4v) is 4.68. The summed E-state index contributed by atoms with van der Waals surface area (Å²) in [5, 5.41) is 3.26. The van der Waals surface area contributed by atoms with Crippen molar-refractivity contribution in [2.45, 2.75) is 55.9 Å². The van der Waals surface area contributed by atoms with Gasteiger partial charge in [-0.2, -0.15) is 0 Å². The molecular weight excluding hydrogens is 398 g/mol. The normalized spacial score (nSPS) is 16.0. The van der Waals surface area contributed by atoms with Crippen molar-refractivity contribution in [3.05, 3.63) is 60.2 Å². The number of carbonyl (C=O) groups excluding carboxylic acids is 1. The second-order valence-electron chi connectivity index (χ2n) is 8.05. The molecule has 1 aliphatic rings. The number of ether oxygens (including phenoxy) is 1. The molecule has 1 aliphatic carbocycles. The van der Waals surface area contributed by atoms with Gasteiger partial charge in [-0.15, -0.1) is 0 Å². The molecule has 2 aromatic rings. The third-order valence-electron chi connectivity index (χ3n) is 5.67. The standard InChI is InChI=1S/C24H31NO4S/c1-30(27,28)22-16-14-21(15-17-22)29-18-8-13-23(26)25-24(19-9-4-2-5-10-19)20-11-6-3-7-12-20/h2,4-5,9-10,14-17,20,24H,3,6-8,11-13,18H2,1H3,(H,25,26). The first-order valence-corrected chi connectivity index (χ1v) is 12.6. The van der Waals surface area contributed by atoms with Gasteiger partial charge in [-0.05, 0) is 55.0 Å². The van der Waals surface area contributed by atoms with Crippen LogP contribution in [0.5, 0.6) is 5.75 Å². The molecule has 0 heterocycles. The first kappa shape index (κ1) is 22.3. The van der Waals surface area contributed by atoms with Crippen molar-refractivity contribution in [2.75, 3.05) is 12.9 Å². The molecule has 0 spiro atoms. The molecule has 1 unspecified atom stereocenters. The van der Waals surface area contributed by atoms with Crippen LogP contribution in [0, 0.1) is 5.92 Å². The van der Waals surface area contributed by atoms with Gasteiger partial charge in [0.15, 0.2) is 9.84 Å². The van der Waals surface area contributed by atoms with Crippen molar-refractivity contribution in [2.24, 2.45) is 5.92 Å². The number of nitrogens with one attached hydrogen (secondary N) is 1. The van der Waals surface area contributed by atoms with Crippen molar-refractivity contribution < 1.29 is 17.9 Å². The van der Waals surface area contributed by atoms with Crippen LogP contribution in [0.4, 0.5) is 0 Å². The van der Waals surface area contributed by atoms with Gasteiger partial charge in [0.2, 0.25) is 5.91 Å². The molecule has 0 radical (unpaired) electrons. The summed E-state index contributed by atoms with van der Waals surface area (Å²) in [7, 11) is -3.21. The van der Waals surface area contributed by atoms with Crippen LogP contribution in [0.1, 0.15) is 56.6 Å². The molecule has 1 saturated carbocycles. The summed E-state index contributed by atoms with van der Waals surface area (Å²) in [6.45, 7) is 0.408. The molecule has 0 saturated heterocycles. The van der Waals surface area contributed by atoms with E-state index in [1.54, 1.807) is 12.1 Å². The van der Waals surface area contributed by atoms with Gasteiger partial charge < -0.3 is 10.1 Å². The molecule has 1 fully saturated rings. The van der Waals surface area contributed by atoms with Gasteiger partial charge in [0, 0.05) is 12.7 Å². The Morgan fingerprint density at radius 2 is 1.70 bits per heavy atom. The molecule has 30 heavy (non-hydrogen) atoms. The van der Waals surface area contributed by atoms with E-state index in [4.69, 9.17) is 4.74 Å². The number of benzene rings is 2. The van der Waals surface area contributed by atoms with Crippen molar-refractivity contribution >= 4 is 15.7 Å². The highest BCUT2D eigenvalue weighted by atomic mass is 32.2. The van der Waals surface area contributed by atoms with Crippen molar-refractivity contribution in [3.8, 4) is 5.75 Å². The molecule has 0 aromatic heterocycles. The predicted molar refractivity (Wildman–Crippen MR) is 118 cm³/mol. The van der Waals surface area contributed by atoms with E-state index < -0.39 is 9.84 Å². The molecule has 2 aromatic carbocycles. The fourth-order valence-electron chi connectivity index (χ4n) is 4.05. The Morgan fingerprint density at radius 3 is 2.33 bits per heavy atom. The van der Waals surface area contributed by atoms with Crippen LogP contribution >= 0.6 is 0 Å². The average Bonchev–Trinajstić information content (AvgIpc) is 2.76. The molecule has 162 valence electrons. The molecule has 1 atom stereocenters. The fraction of sp³-hybridized carbons (Fsp3) is 0.458. The van der Waals surface area contributed by atoms with Gasteiger partial charge in [0.25, 0.3) is 0 Å². The molecule has 0 aliphatic heterocycles. The monoisotopic (exact) mass is 429 g/mol. The van der Waals surface area contributed by atoms with E-state index in [1.807, 2.05) is 18.2 Å². The minimum atomic E-state index is -3.21. The summed E-state index contributed by atoms with van der Waals surface area (Å²) >= 11 is 0. The van der Waals surface area contributed by atoms with Crippen molar-refractivity contribution in [1.29, 1.82) is 0 Å². The Labute approximate surface area is 179 Å². The summed E-state index contributed by atoms with van der Waals surface area (Å²) < 4.78 is 28.7. The lowest BCUT2D eigenvalue weighted by Crippen LogP contribution is -2.34. The van der Waals surface area contributed by atoms with Crippen molar-refractivity contribution in [3.63, 3.8) is 0 Å². The SMILES string of the molecule is CS(=O)(=O)c1ccc(OCCCC(=O)NC(c2ccccc2)C2CCCCC2)cc1. The Bertz CT molecular complexity index is 904. The Kier molecular flexibility index (Phi) is 7.91. The third kappa shape index (κ3) is 6.59. The van der Waals surface area contributed by atoms with E-state index in [2.05, 4.69) is 17.4 Å². The maximum atomic E-state index is 12.6. The van der Waals surface area contributed by atoms with E-state index in [9.17, 15) is 13.2 Å². The topological polar surface area (TPSA) is 72.5 Å². The van der Waals surface area contributed by atoms with Crippen LogP contribution in [0.3, 0.4) is 0 Å². The molecule has 1 N–H and O–H groups in total. The Morgan fingerprint density at radius 1 is 1.03 bits per heavy atom. The Balaban J connectivity index is 1.48. The van der Waals surface area contributed by atoms with Crippen molar-refractivity contribution in [1.82, 2.24) is 5.32 Å². The van der Waals surface area contributed by atoms with Crippen LogP contribution in [-0.2, 0) is 14.6 Å². The van der Waals surface area contributed by atoms with E-state index >= 15 is 0 Å². The zero-order valence-electron chi connectivity index (χ0n) is 17.5. The summed E-state index contributed by atoms with van der Waals surface area (Å²) in [4.78, 5) is 12.9.